The second kappa shape index (κ2) is 7.71. The Labute approximate surface area is 161 Å². The van der Waals surface area contributed by atoms with Crippen LogP contribution in [0.25, 0.3) is 10.9 Å². The van der Waals surface area contributed by atoms with E-state index in [0.29, 0.717) is 29.6 Å². The van der Waals surface area contributed by atoms with Gasteiger partial charge in [0.2, 0.25) is 5.95 Å². The molecule has 0 aliphatic heterocycles. The van der Waals surface area contributed by atoms with E-state index in [0.717, 1.165) is 16.5 Å². The summed E-state index contributed by atoms with van der Waals surface area (Å²) in [4.78, 5) is 24.9. The molecule has 0 fully saturated rings. The molecule has 0 aliphatic carbocycles. The van der Waals surface area contributed by atoms with Gasteiger partial charge in [0, 0.05) is 30.0 Å². The van der Waals surface area contributed by atoms with Gasteiger partial charge in [-0.15, -0.1) is 0 Å². The maximum atomic E-state index is 12.2. The Balaban J connectivity index is 1.40. The molecule has 0 aliphatic rings. The summed E-state index contributed by atoms with van der Waals surface area (Å²) in [5.41, 5.74) is 9.05. The predicted octanol–water partition coefficient (Wildman–Crippen LogP) is 3.47. The Morgan fingerprint density at radius 2 is 1.79 bits per heavy atom. The molecule has 138 valence electrons. The van der Waals surface area contributed by atoms with E-state index in [1.165, 1.54) is 6.20 Å². The van der Waals surface area contributed by atoms with Crippen LogP contribution in [0.3, 0.4) is 0 Å². The van der Waals surface area contributed by atoms with E-state index < -0.39 is 0 Å². The molecule has 7 nitrogen and oxygen atoms in total. The molecule has 4 rings (SSSR count). The van der Waals surface area contributed by atoms with Crippen LogP contribution in [0.15, 0.2) is 73.1 Å². The minimum absolute atomic E-state index is 0.195. The lowest BCUT2D eigenvalue weighted by molar-refractivity contribution is 0.102. The van der Waals surface area contributed by atoms with E-state index in [2.05, 4.69) is 25.6 Å². The number of hydrogen-bond acceptors (Lipinski definition) is 6. The van der Waals surface area contributed by atoms with E-state index in [-0.39, 0.29) is 5.91 Å². The van der Waals surface area contributed by atoms with Gasteiger partial charge in [0.15, 0.2) is 0 Å². The highest BCUT2D eigenvalue weighted by atomic mass is 16.1. The van der Waals surface area contributed by atoms with Crippen LogP contribution in [-0.4, -0.2) is 20.9 Å². The van der Waals surface area contributed by atoms with Crippen LogP contribution in [0.5, 0.6) is 0 Å². The van der Waals surface area contributed by atoms with Gasteiger partial charge in [0.1, 0.15) is 5.82 Å². The largest absolute Gasteiger partial charge is 0.383 e. The zero-order chi connectivity index (χ0) is 19.3. The summed E-state index contributed by atoms with van der Waals surface area (Å²) in [6.45, 7) is 0.536. The van der Waals surface area contributed by atoms with E-state index in [9.17, 15) is 4.79 Å². The number of rotatable bonds is 5. The highest BCUT2D eigenvalue weighted by Gasteiger charge is 2.07. The normalized spacial score (nSPS) is 10.6. The average Bonchev–Trinajstić information content (AvgIpc) is 2.74. The Morgan fingerprint density at radius 1 is 0.964 bits per heavy atom. The van der Waals surface area contributed by atoms with Crippen molar-refractivity contribution >= 4 is 34.3 Å². The van der Waals surface area contributed by atoms with Crippen LogP contribution in [0.2, 0.25) is 0 Å². The first-order chi connectivity index (χ1) is 13.7. The van der Waals surface area contributed by atoms with Gasteiger partial charge in [-0.05, 0) is 42.0 Å². The number of carbonyl (C=O) groups excluding carboxylic acids is 1. The summed E-state index contributed by atoms with van der Waals surface area (Å²) >= 11 is 0. The summed E-state index contributed by atoms with van der Waals surface area (Å²) in [5, 5.41) is 6.86. The molecule has 2 heterocycles. The van der Waals surface area contributed by atoms with Gasteiger partial charge >= 0.3 is 0 Å². The molecular weight excluding hydrogens is 352 g/mol. The van der Waals surface area contributed by atoms with Crippen molar-refractivity contribution in [3.05, 3.63) is 84.2 Å². The van der Waals surface area contributed by atoms with Gasteiger partial charge < -0.3 is 16.4 Å². The van der Waals surface area contributed by atoms with Crippen LogP contribution >= 0.6 is 0 Å². The molecule has 0 saturated carbocycles. The third-order valence-corrected chi connectivity index (χ3v) is 4.22. The first-order valence-corrected chi connectivity index (χ1v) is 8.75. The highest BCUT2D eigenvalue weighted by molar-refractivity contribution is 6.04. The molecule has 0 spiro atoms. The van der Waals surface area contributed by atoms with Crippen molar-refractivity contribution in [3.63, 3.8) is 0 Å². The molecular formula is C21H18N6O. The lowest BCUT2D eigenvalue weighted by atomic mass is 10.2. The monoisotopic (exact) mass is 370 g/mol. The number of fused-ring (bicyclic) bond motifs is 1. The second-order valence-corrected chi connectivity index (χ2v) is 6.20. The number of benzene rings is 2. The Bertz CT molecular complexity index is 1110. The number of hydrogen-bond donors (Lipinski definition) is 3. The molecule has 4 aromatic rings. The zero-order valence-electron chi connectivity index (χ0n) is 15.0. The number of carbonyl (C=O) groups is 1. The molecule has 0 unspecified atom stereocenters. The van der Waals surface area contributed by atoms with E-state index >= 15 is 0 Å². The van der Waals surface area contributed by atoms with Gasteiger partial charge in [-0.3, -0.25) is 9.78 Å². The fourth-order valence-corrected chi connectivity index (χ4v) is 2.77. The van der Waals surface area contributed by atoms with Gasteiger partial charge in [0.05, 0.1) is 11.1 Å². The highest BCUT2D eigenvalue weighted by Crippen LogP contribution is 2.19. The van der Waals surface area contributed by atoms with Crippen molar-refractivity contribution in [2.24, 2.45) is 0 Å². The molecule has 2 aromatic heterocycles. The van der Waals surface area contributed by atoms with Crippen molar-refractivity contribution in [1.82, 2.24) is 15.0 Å². The molecule has 4 N–H and O–H groups in total. The number of pyridine rings is 1. The van der Waals surface area contributed by atoms with Crippen LogP contribution in [0.4, 0.5) is 17.5 Å². The van der Waals surface area contributed by atoms with Gasteiger partial charge in [-0.1, -0.05) is 24.3 Å². The lowest BCUT2D eigenvalue weighted by Crippen LogP contribution is -2.12. The van der Waals surface area contributed by atoms with Crippen LogP contribution < -0.4 is 16.4 Å². The van der Waals surface area contributed by atoms with Gasteiger partial charge in [-0.2, -0.15) is 4.98 Å². The Kier molecular flexibility index (Phi) is 4.79. The van der Waals surface area contributed by atoms with E-state index in [1.807, 2.05) is 48.5 Å². The first-order valence-electron chi connectivity index (χ1n) is 8.75. The quantitative estimate of drug-likeness (QED) is 0.497. The number of nitrogen functional groups attached to an aromatic ring is 1. The number of nitrogens with one attached hydrogen (secondary N) is 2. The second-order valence-electron chi connectivity index (χ2n) is 6.20. The van der Waals surface area contributed by atoms with E-state index in [4.69, 9.17) is 5.73 Å². The first kappa shape index (κ1) is 17.4. The Hall–Kier alpha value is -4.00. The number of para-hydroxylation sites is 1. The zero-order valence-corrected chi connectivity index (χ0v) is 15.0. The Morgan fingerprint density at radius 3 is 2.57 bits per heavy atom. The van der Waals surface area contributed by atoms with Crippen molar-refractivity contribution in [3.8, 4) is 0 Å². The number of nitrogens with zero attached hydrogens (tertiary/aromatic N) is 3. The van der Waals surface area contributed by atoms with Gasteiger partial charge in [0.25, 0.3) is 5.91 Å². The summed E-state index contributed by atoms with van der Waals surface area (Å²) < 4.78 is 0. The van der Waals surface area contributed by atoms with Crippen LogP contribution in [0, 0.1) is 0 Å². The maximum Gasteiger partial charge on any atom is 0.257 e. The molecule has 0 atom stereocenters. The number of amides is 1. The SMILES string of the molecule is Nc1nc(NCc2ccc(NC(=O)c3cccnc3)cc2)nc2ccccc12. The van der Waals surface area contributed by atoms with Crippen molar-refractivity contribution in [1.29, 1.82) is 0 Å². The fourth-order valence-electron chi connectivity index (χ4n) is 2.77. The minimum Gasteiger partial charge on any atom is -0.383 e. The maximum absolute atomic E-state index is 12.2. The standard InChI is InChI=1S/C21H18N6O/c22-19-17-5-1-2-6-18(17)26-21(27-19)24-12-14-7-9-16(10-8-14)25-20(28)15-4-3-11-23-13-15/h1-11,13H,12H2,(H,25,28)(H3,22,24,26,27). The van der Waals surface area contributed by atoms with Crippen LogP contribution in [0.1, 0.15) is 15.9 Å². The minimum atomic E-state index is -0.195. The summed E-state index contributed by atoms with van der Waals surface area (Å²) in [7, 11) is 0. The third-order valence-electron chi connectivity index (χ3n) is 4.22. The molecule has 0 radical (unpaired) electrons. The molecule has 2 aromatic carbocycles. The van der Waals surface area contributed by atoms with Crippen molar-refractivity contribution in [2.75, 3.05) is 16.4 Å². The lowest BCUT2D eigenvalue weighted by Gasteiger charge is -2.09. The average molecular weight is 370 g/mol. The third kappa shape index (κ3) is 3.88. The van der Waals surface area contributed by atoms with Gasteiger partial charge in [-0.25, -0.2) is 4.98 Å². The molecule has 7 heteroatoms. The summed E-state index contributed by atoms with van der Waals surface area (Å²) in [6, 6.07) is 18.6. The molecule has 0 bridgehead atoms. The smallest absolute Gasteiger partial charge is 0.257 e. The predicted molar refractivity (Wildman–Crippen MR) is 110 cm³/mol. The van der Waals surface area contributed by atoms with Crippen molar-refractivity contribution < 1.29 is 4.79 Å². The fraction of sp³-hybridized carbons (Fsp3) is 0.0476. The molecule has 0 saturated heterocycles. The topological polar surface area (TPSA) is 106 Å². The molecule has 28 heavy (non-hydrogen) atoms. The number of nitrogens with two attached hydrogens (primary N) is 1. The molecule has 1 amide bonds. The van der Waals surface area contributed by atoms with Crippen LogP contribution in [-0.2, 0) is 6.54 Å². The summed E-state index contributed by atoms with van der Waals surface area (Å²) in [6.07, 6.45) is 3.16. The summed E-state index contributed by atoms with van der Waals surface area (Å²) in [5.74, 6) is 0.728. The van der Waals surface area contributed by atoms with Crippen molar-refractivity contribution in [2.45, 2.75) is 6.54 Å². The van der Waals surface area contributed by atoms with E-state index in [1.54, 1.807) is 18.3 Å². The number of anilines is 3. The number of aromatic nitrogens is 3.